The van der Waals surface area contributed by atoms with Gasteiger partial charge in [0.15, 0.2) is 0 Å². The van der Waals surface area contributed by atoms with Crippen LogP contribution in [-0.4, -0.2) is 45.8 Å². The average molecular weight is 516 g/mol. The first-order valence-corrected chi connectivity index (χ1v) is 15.8. The highest BCUT2D eigenvalue weighted by atomic mass is 31.2. The molecule has 1 aliphatic carbocycles. The maximum absolute atomic E-state index is 14.0. The van der Waals surface area contributed by atoms with Gasteiger partial charge in [0.05, 0.1) is 24.2 Å². The second kappa shape index (κ2) is 11.5. The van der Waals surface area contributed by atoms with Gasteiger partial charge in [-0.1, -0.05) is 50.7 Å². The number of hydrogen-bond donors (Lipinski definition) is 0. The molecule has 3 fully saturated rings. The third-order valence-corrected chi connectivity index (χ3v) is 10.5. The van der Waals surface area contributed by atoms with Crippen LogP contribution in [0.5, 0.6) is 0 Å². The first-order chi connectivity index (χ1) is 17.6. The summed E-state index contributed by atoms with van der Waals surface area (Å²) in [6.45, 7) is 3.90. The van der Waals surface area contributed by atoms with E-state index in [1.165, 1.54) is 64.2 Å². The van der Waals surface area contributed by atoms with Crippen molar-refractivity contribution in [1.82, 2.24) is 14.5 Å². The number of benzene rings is 1. The van der Waals surface area contributed by atoms with E-state index in [4.69, 9.17) is 9.05 Å². The zero-order valence-electron chi connectivity index (χ0n) is 21.9. The molecular weight excluding hydrogens is 473 g/mol. The summed E-state index contributed by atoms with van der Waals surface area (Å²) in [6.07, 6.45) is 15.0. The van der Waals surface area contributed by atoms with E-state index in [0.717, 1.165) is 18.4 Å². The zero-order chi connectivity index (χ0) is 25.1. The molecule has 5 rings (SSSR count). The second-order valence-electron chi connectivity index (χ2n) is 10.7. The first-order valence-electron chi connectivity index (χ1n) is 14.2. The predicted octanol–water partition coefficient (Wildman–Crippen LogP) is 5.96. The largest absolute Gasteiger partial charge is 0.385 e. The first kappa shape index (κ1) is 26.1. The monoisotopic (exact) mass is 515 g/mol. The van der Waals surface area contributed by atoms with Crippen LogP contribution in [0.15, 0.2) is 29.1 Å². The third kappa shape index (κ3) is 5.09. The van der Waals surface area contributed by atoms with Gasteiger partial charge in [-0.05, 0) is 64.5 Å². The Bertz CT molecular complexity index is 1120. The normalized spacial score (nSPS) is 26.6. The molecule has 36 heavy (non-hydrogen) atoms. The van der Waals surface area contributed by atoms with Crippen molar-refractivity contribution >= 4 is 24.1 Å². The van der Waals surface area contributed by atoms with Crippen LogP contribution in [0.25, 0.3) is 11.0 Å². The summed E-state index contributed by atoms with van der Waals surface area (Å²) in [5, 5.41) is 0. The van der Waals surface area contributed by atoms with Crippen LogP contribution in [-0.2, 0) is 13.6 Å². The fourth-order valence-corrected chi connectivity index (χ4v) is 8.68. The van der Waals surface area contributed by atoms with Crippen molar-refractivity contribution in [2.75, 3.05) is 13.2 Å². The number of para-hydroxylation sites is 2. The SMILES string of the molecule is CCOP(=O)(OCC)c1nc2ccccc2n(C2C[C@H]3CCC[C@@H](C2)N3C2CCCCCCC2)c1=O. The molecule has 3 atom stereocenters. The van der Waals surface area contributed by atoms with Gasteiger partial charge >= 0.3 is 7.60 Å². The minimum absolute atomic E-state index is 0.0564. The quantitative estimate of drug-likeness (QED) is 0.424. The van der Waals surface area contributed by atoms with Crippen molar-refractivity contribution in [3.63, 3.8) is 0 Å². The highest BCUT2D eigenvalue weighted by molar-refractivity contribution is 7.61. The molecular formula is C28H42N3O4P. The van der Waals surface area contributed by atoms with Crippen molar-refractivity contribution in [2.45, 2.75) is 115 Å². The van der Waals surface area contributed by atoms with Crippen LogP contribution in [0.1, 0.15) is 96.9 Å². The molecule has 0 radical (unpaired) electrons. The van der Waals surface area contributed by atoms with Crippen LogP contribution in [0, 0.1) is 0 Å². The fraction of sp³-hybridized carbons (Fsp3) is 0.714. The highest BCUT2D eigenvalue weighted by Gasteiger charge is 2.43. The number of piperidine rings is 2. The molecule has 2 bridgehead atoms. The van der Waals surface area contributed by atoms with Crippen molar-refractivity contribution < 1.29 is 13.6 Å². The summed E-state index contributed by atoms with van der Waals surface area (Å²) >= 11 is 0. The summed E-state index contributed by atoms with van der Waals surface area (Å²) in [6, 6.07) is 9.46. The standard InChI is InChI=1S/C28H42N3O4P/c1-3-34-36(33,35-4-2)27-28(32)31(26-18-11-10-17-25(26)29-27)24-19-22-15-12-16-23(20-24)30(22)21-13-8-6-5-7-9-14-21/h10-11,17-18,21-24H,3-9,12-16,19-20H2,1-2H3/t22-,23+,24?. The smallest absolute Gasteiger partial charge is 0.304 e. The van der Waals surface area contributed by atoms with Crippen LogP contribution in [0.2, 0.25) is 0 Å². The zero-order valence-corrected chi connectivity index (χ0v) is 22.8. The second-order valence-corrected chi connectivity index (χ2v) is 12.7. The molecule has 0 amide bonds. The molecule has 1 saturated carbocycles. The van der Waals surface area contributed by atoms with Gasteiger partial charge in [-0.3, -0.25) is 14.3 Å². The molecule has 0 N–H and O–H groups in total. The molecule has 1 unspecified atom stereocenters. The van der Waals surface area contributed by atoms with Gasteiger partial charge in [0, 0.05) is 24.2 Å². The Hall–Kier alpha value is -1.53. The lowest BCUT2D eigenvalue weighted by Gasteiger charge is -2.53. The van der Waals surface area contributed by atoms with E-state index in [-0.39, 0.29) is 30.2 Å². The van der Waals surface area contributed by atoms with E-state index < -0.39 is 7.60 Å². The summed E-state index contributed by atoms with van der Waals surface area (Å²) < 4.78 is 26.7. The van der Waals surface area contributed by atoms with E-state index in [2.05, 4.69) is 9.88 Å². The van der Waals surface area contributed by atoms with Gasteiger partial charge < -0.3 is 13.6 Å². The molecule has 3 heterocycles. The Labute approximate surface area is 215 Å². The van der Waals surface area contributed by atoms with Crippen molar-refractivity contribution in [3.05, 3.63) is 34.6 Å². The summed E-state index contributed by atoms with van der Waals surface area (Å²) in [4.78, 5) is 21.4. The predicted molar refractivity (Wildman–Crippen MR) is 144 cm³/mol. The Balaban J connectivity index is 1.53. The van der Waals surface area contributed by atoms with Crippen molar-refractivity contribution in [1.29, 1.82) is 0 Å². The van der Waals surface area contributed by atoms with Crippen molar-refractivity contribution in [3.8, 4) is 0 Å². The lowest BCUT2D eigenvalue weighted by molar-refractivity contribution is -0.0246. The Morgan fingerprint density at radius 2 is 1.42 bits per heavy atom. The van der Waals surface area contributed by atoms with Gasteiger partial charge in [-0.25, -0.2) is 4.98 Å². The fourth-order valence-electron chi connectivity index (χ4n) is 7.11. The summed E-state index contributed by atoms with van der Waals surface area (Å²) in [5.74, 6) is 0. The molecule has 3 aliphatic rings. The van der Waals surface area contributed by atoms with E-state index >= 15 is 0 Å². The number of aromatic nitrogens is 2. The number of nitrogens with zero attached hydrogens (tertiary/aromatic N) is 3. The Morgan fingerprint density at radius 1 is 0.833 bits per heavy atom. The Kier molecular flexibility index (Phi) is 8.31. The lowest BCUT2D eigenvalue weighted by Crippen LogP contribution is -2.57. The molecule has 2 aliphatic heterocycles. The molecule has 2 saturated heterocycles. The maximum Gasteiger partial charge on any atom is 0.385 e. The highest BCUT2D eigenvalue weighted by Crippen LogP contribution is 2.46. The van der Waals surface area contributed by atoms with Crippen LogP contribution >= 0.6 is 7.60 Å². The van der Waals surface area contributed by atoms with Crippen molar-refractivity contribution in [2.24, 2.45) is 0 Å². The van der Waals surface area contributed by atoms with E-state index in [0.29, 0.717) is 23.6 Å². The van der Waals surface area contributed by atoms with Gasteiger partial charge in [0.1, 0.15) is 0 Å². The van der Waals surface area contributed by atoms with Crippen LogP contribution in [0.4, 0.5) is 0 Å². The Morgan fingerprint density at radius 3 is 2.06 bits per heavy atom. The minimum atomic E-state index is -3.81. The lowest BCUT2D eigenvalue weighted by atomic mass is 9.79. The number of rotatable bonds is 7. The minimum Gasteiger partial charge on any atom is -0.304 e. The molecule has 1 aromatic carbocycles. The average Bonchev–Trinajstić information content (AvgIpc) is 2.83. The van der Waals surface area contributed by atoms with Gasteiger partial charge in [0.25, 0.3) is 5.56 Å². The van der Waals surface area contributed by atoms with Crippen LogP contribution in [0.3, 0.4) is 0 Å². The van der Waals surface area contributed by atoms with Crippen LogP contribution < -0.4 is 11.0 Å². The molecule has 7 nitrogen and oxygen atoms in total. The van der Waals surface area contributed by atoms with Gasteiger partial charge in [-0.2, -0.15) is 0 Å². The molecule has 0 spiro atoms. The van der Waals surface area contributed by atoms with E-state index in [1.807, 2.05) is 28.8 Å². The third-order valence-electron chi connectivity index (χ3n) is 8.50. The maximum atomic E-state index is 14.0. The molecule has 198 valence electrons. The topological polar surface area (TPSA) is 73.7 Å². The van der Waals surface area contributed by atoms with E-state index in [1.54, 1.807) is 13.8 Å². The molecule has 8 heteroatoms. The number of fused-ring (bicyclic) bond motifs is 3. The van der Waals surface area contributed by atoms with Gasteiger partial charge in [-0.15, -0.1) is 0 Å². The van der Waals surface area contributed by atoms with E-state index in [9.17, 15) is 9.36 Å². The summed E-state index contributed by atoms with van der Waals surface area (Å²) in [7, 11) is -3.81. The molecule has 2 aromatic rings. The summed E-state index contributed by atoms with van der Waals surface area (Å²) in [5.41, 5.74) is 1.09. The van der Waals surface area contributed by atoms with Gasteiger partial charge in [0.2, 0.25) is 5.44 Å². The number of hydrogen-bond acceptors (Lipinski definition) is 6. The molecule has 1 aromatic heterocycles.